The number of carbonyl (C=O) groups excluding carboxylic acids is 2. The highest BCUT2D eigenvalue weighted by molar-refractivity contribution is 6.17. The van der Waals surface area contributed by atoms with Gasteiger partial charge in [-0.2, -0.15) is 5.10 Å². The molecule has 1 aromatic rings. The van der Waals surface area contributed by atoms with E-state index in [2.05, 4.69) is 48.6 Å². The molecule has 0 saturated heterocycles. The van der Waals surface area contributed by atoms with Gasteiger partial charge in [-0.05, 0) is 77.3 Å². The molecule has 0 aliphatic carbocycles. The van der Waals surface area contributed by atoms with E-state index in [1.807, 2.05) is 6.20 Å². The van der Waals surface area contributed by atoms with Gasteiger partial charge in [0, 0.05) is 30.7 Å². The van der Waals surface area contributed by atoms with Crippen LogP contribution < -0.4 is 0 Å². The summed E-state index contributed by atoms with van der Waals surface area (Å²) in [6, 6.07) is 0. The number of esters is 2. The Morgan fingerprint density at radius 1 is 0.533 bits per heavy atom. The normalized spacial score (nSPS) is 12.6. The SMILES string of the molecule is CCCCCCCCC(CCCCCC)C(=O)OCCCCCCN(CCCCCCOC(=O)C(CCCCCC)CCCCCCCC)Cc1cnn(CCCCCl)c1. The second-order valence-electron chi connectivity index (χ2n) is 18.2. The summed E-state index contributed by atoms with van der Waals surface area (Å²) in [5, 5.41) is 4.63. The maximum Gasteiger partial charge on any atom is 0.308 e. The molecule has 1 heterocycles. The topological polar surface area (TPSA) is 73.7 Å². The monoisotopic (exact) mass is 864 g/mol. The first kappa shape index (κ1) is 56.4. The minimum atomic E-state index is 0.0538. The number of hydrogen-bond donors (Lipinski definition) is 0. The lowest BCUT2D eigenvalue weighted by Gasteiger charge is -2.22. The van der Waals surface area contributed by atoms with E-state index >= 15 is 0 Å². The van der Waals surface area contributed by atoms with Crippen molar-refractivity contribution in [2.24, 2.45) is 11.8 Å². The molecule has 0 bridgehead atoms. The first-order chi connectivity index (χ1) is 29.5. The van der Waals surface area contributed by atoms with Crippen molar-refractivity contribution in [1.29, 1.82) is 0 Å². The van der Waals surface area contributed by atoms with E-state index in [1.54, 1.807) is 0 Å². The van der Waals surface area contributed by atoms with Crippen LogP contribution in [-0.2, 0) is 32.2 Å². The summed E-state index contributed by atoms with van der Waals surface area (Å²) in [6.45, 7) is 14.1. The van der Waals surface area contributed by atoms with Crippen molar-refractivity contribution in [2.75, 3.05) is 32.2 Å². The zero-order chi connectivity index (χ0) is 43.6. The minimum absolute atomic E-state index is 0.0538. The molecule has 7 nitrogen and oxygen atoms in total. The van der Waals surface area contributed by atoms with Crippen LogP contribution in [0.15, 0.2) is 12.4 Å². The third kappa shape index (κ3) is 33.0. The van der Waals surface area contributed by atoms with Crippen LogP contribution in [0.25, 0.3) is 0 Å². The van der Waals surface area contributed by atoms with Crippen molar-refractivity contribution >= 4 is 23.5 Å². The molecule has 0 aliphatic heterocycles. The van der Waals surface area contributed by atoms with Crippen LogP contribution in [0.5, 0.6) is 0 Å². The van der Waals surface area contributed by atoms with Gasteiger partial charge in [0.25, 0.3) is 0 Å². The summed E-state index contributed by atoms with van der Waals surface area (Å²) in [5.74, 6) is 0.970. The van der Waals surface area contributed by atoms with Crippen LogP contribution in [0.3, 0.4) is 0 Å². The van der Waals surface area contributed by atoms with Crippen molar-refractivity contribution in [2.45, 2.75) is 259 Å². The first-order valence-corrected chi connectivity index (χ1v) is 26.6. The summed E-state index contributed by atoms with van der Waals surface area (Å²) in [5.41, 5.74) is 1.27. The molecule has 0 N–H and O–H groups in total. The fraction of sp³-hybridized carbons (Fsp3) is 0.904. The molecule has 0 radical (unpaired) electrons. The van der Waals surface area contributed by atoms with Crippen molar-refractivity contribution in [3.8, 4) is 0 Å². The van der Waals surface area contributed by atoms with Crippen LogP contribution in [0, 0.1) is 11.8 Å². The molecule has 8 heteroatoms. The third-order valence-corrected chi connectivity index (χ3v) is 12.6. The number of halogens is 1. The summed E-state index contributed by atoms with van der Waals surface area (Å²) in [4.78, 5) is 28.8. The predicted octanol–water partition coefficient (Wildman–Crippen LogP) is 15.6. The van der Waals surface area contributed by atoms with Crippen LogP contribution >= 0.6 is 11.6 Å². The second kappa shape index (κ2) is 42.7. The zero-order valence-electron chi connectivity index (χ0n) is 40.2. The van der Waals surface area contributed by atoms with Crippen LogP contribution in [0.1, 0.15) is 252 Å². The number of rotatable bonds is 46. The molecule has 1 rings (SSSR count). The average molecular weight is 865 g/mol. The van der Waals surface area contributed by atoms with Gasteiger partial charge in [-0.1, -0.05) is 182 Å². The maximum atomic E-state index is 13.1. The summed E-state index contributed by atoms with van der Waals surface area (Å²) < 4.78 is 13.8. The van der Waals surface area contributed by atoms with Crippen molar-refractivity contribution in [3.63, 3.8) is 0 Å². The molecule has 0 aliphatic rings. The Labute approximate surface area is 377 Å². The van der Waals surface area contributed by atoms with E-state index in [4.69, 9.17) is 21.1 Å². The molecule has 0 fully saturated rings. The lowest BCUT2D eigenvalue weighted by molar-refractivity contribution is -0.150. The number of nitrogens with zero attached hydrogens (tertiary/aromatic N) is 3. The van der Waals surface area contributed by atoms with Crippen molar-refractivity contribution in [1.82, 2.24) is 14.7 Å². The van der Waals surface area contributed by atoms with Gasteiger partial charge in [-0.25, -0.2) is 0 Å². The number of carbonyl (C=O) groups is 2. The number of aryl methyl sites for hydroxylation is 1. The molecule has 2 atom stereocenters. The van der Waals surface area contributed by atoms with Gasteiger partial charge in [0.15, 0.2) is 0 Å². The van der Waals surface area contributed by atoms with Gasteiger partial charge in [0.05, 0.1) is 31.2 Å². The van der Waals surface area contributed by atoms with E-state index in [1.165, 1.54) is 108 Å². The predicted molar refractivity (Wildman–Crippen MR) is 257 cm³/mol. The van der Waals surface area contributed by atoms with Crippen LogP contribution in [0.4, 0.5) is 0 Å². The molecule has 0 aromatic carbocycles. The Balaban J connectivity index is 2.51. The molecule has 2 unspecified atom stereocenters. The molecule has 60 heavy (non-hydrogen) atoms. The van der Waals surface area contributed by atoms with Gasteiger partial charge in [-0.15, -0.1) is 11.6 Å². The number of hydrogen-bond acceptors (Lipinski definition) is 6. The number of unbranched alkanes of at least 4 members (excludes halogenated alkanes) is 23. The standard InChI is InChI=1S/C52H98ClN3O4/c1-5-9-13-17-19-27-37-49(35-25-15-11-7-3)51(57)59-43-33-23-21-30-40-55(46-48-45-54-56(47-48)42-32-29-39-53)41-31-22-24-34-44-60-52(58)50(36-26-16-12-8-4)38-28-20-18-14-10-6-2/h45,47,49-50H,5-44,46H2,1-4H3. The largest absolute Gasteiger partial charge is 0.465 e. The van der Waals surface area contributed by atoms with Gasteiger partial charge < -0.3 is 9.47 Å². The fourth-order valence-electron chi connectivity index (χ4n) is 8.41. The van der Waals surface area contributed by atoms with E-state index < -0.39 is 0 Å². The van der Waals surface area contributed by atoms with Crippen molar-refractivity contribution in [3.05, 3.63) is 18.0 Å². The zero-order valence-corrected chi connectivity index (χ0v) is 40.9. The Hall–Kier alpha value is -1.60. The fourth-order valence-corrected chi connectivity index (χ4v) is 8.60. The molecule has 352 valence electrons. The molecule has 0 saturated carbocycles. The summed E-state index contributed by atoms with van der Waals surface area (Å²) in [7, 11) is 0. The minimum Gasteiger partial charge on any atom is -0.465 e. The third-order valence-electron chi connectivity index (χ3n) is 12.4. The summed E-state index contributed by atoms with van der Waals surface area (Å²) in [6.07, 6.45) is 43.8. The van der Waals surface area contributed by atoms with E-state index in [-0.39, 0.29) is 23.8 Å². The highest BCUT2D eigenvalue weighted by atomic mass is 35.5. The summed E-state index contributed by atoms with van der Waals surface area (Å²) >= 11 is 5.91. The Morgan fingerprint density at radius 2 is 0.917 bits per heavy atom. The molecular formula is C52H98ClN3O4. The highest BCUT2D eigenvalue weighted by Crippen LogP contribution is 2.22. The quantitative estimate of drug-likeness (QED) is 0.0369. The van der Waals surface area contributed by atoms with E-state index in [0.717, 1.165) is 142 Å². The Kier molecular flexibility index (Phi) is 40.1. The van der Waals surface area contributed by atoms with Crippen molar-refractivity contribution < 1.29 is 19.1 Å². The van der Waals surface area contributed by atoms with Gasteiger partial charge in [0.2, 0.25) is 0 Å². The molecule has 0 spiro atoms. The lowest BCUT2D eigenvalue weighted by atomic mass is 9.94. The van der Waals surface area contributed by atoms with E-state index in [9.17, 15) is 9.59 Å². The second-order valence-corrected chi connectivity index (χ2v) is 18.5. The van der Waals surface area contributed by atoms with Gasteiger partial charge in [0.1, 0.15) is 0 Å². The van der Waals surface area contributed by atoms with E-state index in [0.29, 0.717) is 19.1 Å². The Morgan fingerprint density at radius 3 is 1.35 bits per heavy atom. The first-order valence-electron chi connectivity index (χ1n) is 26.1. The molecular weight excluding hydrogens is 766 g/mol. The average Bonchev–Trinajstić information content (AvgIpc) is 3.70. The van der Waals surface area contributed by atoms with Gasteiger partial charge in [-0.3, -0.25) is 19.2 Å². The van der Waals surface area contributed by atoms with Gasteiger partial charge >= 0.3 is 11.9 Å². The number of ether oxygens (including phenoxy) is 2. The number of alkyl halides is 1. The van der Waals surface area contributed by atoms with Crippen LogP contribution in [-0.4, -0.2) is 58.8 Å². The number of aromatic nitrogens is 2. The highest BCUT2D eigenvalue weighted by Gasteiger charge is 2.20. The van der Waals surface area contributed by atoms with Crippen LogP contribution in [0.2, 0.25) is 0 Å². The smallest absolute Gasteiger partial charge is 0.308 e. The lowest BCUT2D eigenvalue weighted by Crippen LogP contribution is -2.25. The maximum absolute atomic E-state index is 13.1. The molecule has 0 amide bonds. The molecule has 1 aromatic heterocycles. The Bertz CT molecular complexity index is 1030.